The van der Waals surface area contributed by atoms with Gasteiger partial charge in [-0.05, 0) is 86.3 Å². The summed E-state index contributed by atoms with van der Waals surface area (Å²) >= 11 is 0. The van der Waals surface area contributed by atoms with Gasteiger partial charge in [0.1, 0.15) is 11.5 Å². The molecule has 35 heavy (non-hydrogen) atoms. The lowest BCUT2D eigenvalue weighted by molar-refractivity contribution is 0.103. The lowest BCUT2D eigenvalue weighted by Gasteiger charge is -2.09. The van der Waals surface area contributed by atoms with Crippen molar-refractivity contribution >= 4 is 17.2 Å². The van der Waals surface area contributed by atoms with Crippen molar-refractivity contribution in [3.05, 3.63) is 120 Å². The first-order chi connectivity index (χ1) is 17.3. The summed E-state index contributed by atoms with van der Waals surface area (Å²) < 4.78 is 11.7. The molecular formula is C31H31NO3. The summed E-state index contributed by atoms with van der Waals surface area (Å²) in [5.41, 5.74) is 3.48. The highest BCUT2D eigenvalue weighted by atomic mass is 16.5. The van der Waals surface area contributed by atoms with Gasteiger partial charge >= 0.3 is 0 Å². The van der Waals surface area contributed by atoms with Crippen molar-refractivity contribution in [3.63, 3.8) is 0 Å². The fourth-order valence-electron chi connectivity index (χ4n) is 3.72. The molecule has 0 atom stereocenters. The van der Waals surface area contributed by atoms with Crippen molar-refractivity contribution in [2.45, 2.75) is 25.7 Å². The van der Waals surface area contributed by atoms with Gasteiger partial charge in [0.05, 0.1) is 13.2 Å². The molecule has 0 fully saturated rings. The second kappa shape index (κ2) is 13.0. The summed E-state index contributed by atoms with van der Waals surface area (Å²) in [6, 6.07) is 34.9. The van der Waals surface area contributed by atoms with E-state index in [1.54, 1.807) is 0 Å². The van der Waals surface area contributed by atoms with Crippen LogP contribution < -0.4 is 14.8 Å². The van der Waals surface area contributed by atoms with Gasteiger partial charge in [-0.2, -0.15) is 0 Å². The Bertz CT molecular complexity index is 1160. The average Bonchev–Trinajstić information content (AvgIpc) is 2.92. The molecule has 0 aromatic heterocycles. The van der Waals surface area contributed by atoms with Crippen LogP contribution in [0.3, 0.4) is 0 Å². The van der Waals surface area contributed by atoms with Crippen molar-refractivity contribution in [1.82, 2.24) is 0 Å². The molecule has 0 radical (unpaired) electrons. The van der Waals surface area contributed by atoms with Crippen molar-refractivity contribution in [1.29, 1.82) is 0 Å². The Balaban J connectivity index is 1.07. The average molecular weight is 466 g/mol. The van der Waals surface area contributed by atoms with Gasteiger partial charge in [-0.3, -0.25) is 4.79 Å². The number of hydrogen-bond donors (Lipinski definition) is 1. The third-order valence-electron chi connectivity index (χ3n) is 5.65. The molecule has 0 amide bonds. The van der Waals surface area contributed by atoms with Crippen molar-refractivity contribution in [2.24, 2.45) is 0 Å². The van der Waals surface area contributed by atoms with Gasteiger partial charge in [-0.25, -0.2) is 0 Å². The number of nitrogens with one attached hydrogen (secondary N) is 1. The predicted molar refractivity (Wildman–Crippen MR) is 142 cm³/mol. The van der Waals surface area contributed by atoms with Gasteiger partial charge < -0.3 is 14.8 Å². The largest absolute Gasteiger partial charge is 0.494 e. The number of ether oxygens (including phenoxy) is 2. The highest BCUT2D eigenvalue weighted by molar-refractivity contribution is 6.08. The lowest BCUT2D eigenvalue weighted by Crippen LogP contribution is -2.02. The van der Waals surface area contributed by atoms with E-state index in [-0.39, 0.29) is 5.78 Å². The van der Waals surface area contributed by atoms with Crippen LogP contribution in [-0.4, -0.2) is 19.0 Å². The summed E-state index contributed by atoms with van der Waals surface area (Å²) in [6.45, 7) is 1.38. The number of carbonyl (C=O) groups excluding carboxylic acids is 1. The SMILES string of the molecule is O=C(c1ccccc1)c1ccc(OCCCCCCOc2ccc(Nc3ccccc3)cc2)cc1. The molecule has 0 spiro atoms. The van der Waals surface area contributed by atoms with Gasteiger partial charge in [0.25, 0.3) is 0 Å². The number of rotatable bonds is 13. The van der Waals surface area contributed by atoms with Crippen LogP contribution in [0.15, 0.2) is 109 Å². The van der Waals surface area contributed by atoms with E-state index in [2.05, 4.69) is 5.32 Å². The molecule has 4 aromatic rings. The molecule has 0 saturated carbocycles. The summed E-state index contributed by atoms with van der Waals surface area (Å²) in [7, 11) is 0. The fourth-order valence-corrected chi connectivity index (χ4v) is 3.72. The molecule has 0 aliphatic heterocycles. The number of para-hydroxylation sites is 1. The van der Waals surface area contributed by atoms with E-state index in [0.717, 1.165) is 48.6 Å². The van der Waals surface area contributed by atoms with Crippen LogP contribution in [0.25, 0.3) is 0 Å². The van der Waals surface area contributed by atoms with Gasteiger partial charge in [0, 0.05) is 22.5 Å². The Hall–Kier alpha value is -4.05. The zero-order valence-corrected chi connectivity index (χ0v) is 19.9. The Kier molecular flexibility index (Phi) is 8.94. The maximum absolute atomic E-state index is 12.5. The zero-order chi connectivity index (χ0) is 24.1. The van der Waals surface area contributed by atoms with Crippen molar-refractivity contribution in [3.8, 4) is 11.5 Å². The van der Waals surface area contributed by atoms with E-state index in [0.29, 0.717) is 24.3 Å². The van der Waals surface area contributed by atoms with E-state index in [1.807, 2.05) is 109 Å². The van der Waals surface area contributed by atoms with Crippen molar-refractivity contribution in [2.75, 3.05) is 18.5 Å². The molecule has 178 valence electrons. The Labute approximate surface area is 207 Å². The monoisotopic (exact) mass is 465 g/mol. The molecule has 0 heterocycles. The molecular weight excluding hydrogens is 434 g/mol. The van der Waals surface area contributed by atoms with Crippen LogP contribution in [0.2, 0.25) is 0 Å². The molecule has 0 unspecified atom stereocenters. The van der Waals surface area contributed by atoms with Crippen LogP contribution in [-0.2, 0) is 0 Å². The number of carbonyl (C=O) groups is 1. The molecule has 1 N–H and O–H groups in total. The third kappa shape index (κ3) is 7.75. The molecule has 0 saturated heterocycles. The van der Waals surface area contributed by atoms with E-state index in [4.69, 9.17) is 9.47 Å². The predicted octanol–water partition coefficient (Wildman–Crippen LogP) is 7.68. The third-order valence-corrected chi connectivity index (χ3v) is 5.65. The van der Waals surface area contributed by atoms with E-state index in [1.165, 1.54) is 0 Å². The Morgan fingerprint density at radius 2 is 0.971 bits per heavy atom. The van der Waals surface area contributed by atoms with Crippen LogP contribution in [0.4, 0.5) is 11.4 Å². The van der Waals surface area contributed by atoms with Gasteiger partial charge in [0.15, 0.2) is 5.78 Å². The Morgan fingerprint density at radius 3 is 1.54 bits per heavy atom. The normalized spacial score (nSPS) is 10.5. The van der Waals surface area contributed by atoms with Crippen LogP contribution in [0.1, 0.15) is 41.6 Å². The maximum atomic E-state index is 12.5. The standard InChI is InChI=1S/C31H31NO3/c33-31(25-11-5-3-6-12-25)26-15-19-29(20-16-26)34-23-9-1-2-10-24-35-30-21-17-28(18-22-30)32-27-13-7-4-8-14-27/h3-8,11-22,32H,1-2,9-10,23-24H2. The molecule has 4 heteroatoms. The highest BCUT2D eigenvalue weighted by Gasteiger charge is 2.08. The molecule has 4 rings (SSSR count). The minimum absolute atomic E-state index is 0.0270. The van der Waals surface area contributed by atoms with Crippen LogP contribution in [0.5, 0.6) is 11.5 Å². The summed E-state index contributed by atoms with van der Waals surface area (Å²) in [4.78, 5) is 12.5. The topological polar surface area (TPSA) is 47.6 Å². The number of ketones is 1. The second-order valence-electron chi connectivity index (χ2n) is 8.35. The number of unbranched alkanes of at least 4 members (excludes halogenated alkanes) is 3. The Morgan fingerprint density at radius 1 is 0.514 bits per heavy atom. The van der Waals surface area contributed by atoms with Gasteiger partial charge in [0.2, 0.25) is 0 Å². The first-order valence-corrected chi connectivity index (χ1v) is 12.2. The van der Waals surface area contributed by atoms with E-state index >= 15 is 0 Å². The van der Waals surface area contributed by atoms with E-state index in [9.17, 15) is 4.79 Å². The molecule has 0 bridgehead atoms. The fraction of sp³-hybridized carbons (Fsp3) is 0.194. The zero-order valence-electron chi connectivity index (χ0n) is 19.9. The quantitative estimate of drug-likeness (QED) is 0.162. The maximum Gasteiger partial charge on any atom is 0.193 e. The minimum atomic E-state index is 0.0270. The minimum Gasteiger partial charge on any atom is -0.494 e. The smallest absolute Gasteiger partial charge is 0.193 e. The van der Waals surface area contributed by atoms with Crippen LogP contribution >= 0.6 is 0 Å². The molecule has 0 aliphatic carbocycles. The molecule has 4 aromatic carbocycles. The van der Waals surface area contributed by atoms with Gasteiger partial charge in [-0.1, -0.05) is 48.5 Å². The molecule has 0 aliphatic rings. The number of hydrogen-bond acceptors (Lipinski definition) is 4. The highest BCUT2D eigenvalue weighted by Crippen LogP contribution is 2.20. The van der Waals surface area contributed by atoms with Gasteiger partial charge in [-0.15, -0.1) is 0 Å². The first-order valence-electron chi connectivity index (χ1n) is 12.2. The first kappa shape index (κ1) is 24.1. The lowest BCUT2D eigenvalue weighted by atomic mass is 10.0. The number of benzene rings is 4. The number of anilines is 2. The summed E-state index contributed by atoms with van der Waals surface area (Å²) in [6.07, 6.45) is 4.19. The van der Waals surface area contributed by atoms with Crippen LogP contribution in [0, 0.1) is 0 Å². The molecule has 4 nitrogen and oxygen atoms in total. The summed E-state index contributed by atoms with van der Waals surface area (Å²) in [5, 5.41) is 3.37. The van der Waals surface area contributed by atoms with E-state index < -0.39 is 0 Å². The summed E-state index contributed by atoms with van der Waals surface area (Å²) in [5.74, 6) is 1.71. The second-order valence-corrected chi connectivity index (χ2v) is 8.35. The van der Waals surface area contributed by atoms with Crippen molar-refractivity contribution < 1.29 is 14.3 Å².